The molecule has 0 unspecified atom stereocenters. The Hall–Kier alpha value is -1.02. The highest BCUT2D eigenvalue weighted by Crippen LogP contribution is 2.31. The average Bonchev–Trinajstić information content (AvgIpc) is 2.33. The number of thiophene rings is 1. The van der Waals surface area contributed by atoms with Gasteiger partial charge in [-0.05, 0) is 19.1 Å². The zero-order chi connectivity index (χ0) is 7.84. The molecule has 2 rings (SSSR count). The summed E-state index contributed by atoms with van der Waals surface area (Å²) in [7, 11) is 0. The number of rotatable bonds is 0. The molecule has 56 valence electrons. The van der Waals surface area contributed by atoms with E-state index < -0.39 is 0 Å². The molecule has 0 bridgehead atoms. The van der Waals surface area contributed by atoms with E-state index in [-0.39, 0.29) is 0 Å². The van der Waals surface area contributed by atoms with E-state index in [1.54, 1.807) is 16.7 Å². The monoisotopic (exact) mass is 164 g/mol. The lowest BCUT2D eigenvalue weighted by atomic mass is 10.2. The summed E-state index contributed by atoms with van der Waals surface area (Å²) >= 11 is 1.57. The molecule has 1 heterocycles. The van der Waals surface area contributed by atoms with Crippen molar-refractivity contribution in [3.8, 4) is 5.75 Å². The summed E-state index contributed by atoms with van der Waals surface area (Å²) in [6.07, 6.45) is 0. The SMILES string of the molecule is Cc1ccc2scc(O)c2c1. The molecule has 0 aliphatic carbocycles. The molecule has 2 aromatic rings. The lowest BCUT2D eigenvalue weighted by molar-refractivity contribution is 0.483. The van der Waals surface area contributed by atoms with Crippen molar-refractivity contribution < 1.29 is 5.11 Å². The molecule has 0 spiro atoms. The minimum Gasteiger partial charge on any atom is -0.506 e. The van der Waals surface area contributed by atoms with Crippen molar-refractivity contribution in [1.82, 2.24) is 0 Å². The predicted octanol–water partition coefficient (Wildman–Crippen LogP) is 2.92. The molecule has 0 radical (unpaired) electrons. The van der Waals surface area contributed by atoms with Crippen molar-refractivity contribution in [3.05, 3.63) is 29.1 Å². The van der Waals surface area contributed by atoms with Crippen LogP contribution in [0.3, 0.4) is 0 Å². The first kappa shape index (κ1) is 6.68. The number of aromatic hydroxyl groups is 1. The second kappa shape index (κ2) is 2.24. The maximum Gasteiger partial charge on any atom is 0.134 e. The van der Waals surface area contributed by atoms with Gasteiger partial charge >= 0.3 is 0 Å². The second-order valence-corrected chi connectivity index (χ2v) is 3.53. The fourth-order valence-electron chi connectivity index (χ4n) is 1.13. The van der Waals surface area contributed by atoms with Crippen molar-refractivity contribution in [1.29, 1.82) is 0 Å². The molecule has 0 fully saturated rings. The number of benzene rings is 1. The summed E-state index contributed by atoms with van der Waals surface area (Å²) in [5.41, 5.74) is 1.19. The Balaban J connectivity index is 2.87. The summed E-state index contributed by atoms with van der Waals surface area (Å²) < 4.78 is 1.15. The topological polar surface area (TPSA) is 20.2 Å². The molecule has 0 amide bonds. The highest BCUT2D eigenvalue weighted by Gasteiger charge is 2.00. The van der Waals surface area contributed by atoms with Gasteiger partial charge in [0.25, 0.3) is 0 Å². The number of fused-ring (bicyclic) bond motifs is 1. The summed E-state index contributed by atoms with van der Waals surface area (Å²) in [4.78, 5) is 0. The zero-order valence-electron chi connectivity index (χ0n) is 6.16. The van der Waals surface area contributed by atoms with E-state index >= 15 is 0 Å². The Bertz CT molecular complexity index is 389. The third-order valence-electron chi connectivity index (χ3n) is 1.71. The number of hydrogen-bond donors (Lipinski definition) is 1. The first-order valence-electron chi connectivity index (χ1n) is 3.44. The van der Waals surface area contributed by atoms with E-state index in [1.165, 1.54) is 5.56 Å². The van der Waals surface area contributed by atoms with Crippen molar-refractivity contribution in [2.45, 2.75) is 6.92 Å². The second-order valence-electron chi connectivity index (χ2n) is 2.62. The molecule has 1 aromatic heterocycles. The van der Waals surface area contributed by atoms with Crippen molar-refractivity contribution >= 4 is 21.4 Å². The smallest absolute Gasteiger partial charge is 0.134 e. The van der Waals surface area contributed by atoms with Crippen LogP contribution >= 0.6 is 11.3 Å². The fourth-order valence-corrected chi connectivity index (χ4v) is 1.93. The van der Waals surface area contributed by atoms with E-state index in [2.05, 4.69) is 6.07 Å². The lowest BCUT2D eigenvalue weighted by Crippen LogP contribution is -1.68. The zero-order valence-corrected chi connectivity index (χ0v) is 6.98. The average molecular weight is 164 g/mol. The van der Waals surface area contributed by atoms with Crippen LogP contribution < -0.4 is 0 Å². The lowest BCUT2D eigenvalue weighted by Gasteiger charge is -1.92. The number of aryl methyl sites for hydroxylation is 1. The van der Waals surface area contributed by atoms with Crippen LogP contribution in [0.25, 0.3) is 10.1 Å². The van der Waals surface area contributed by atoms with Gasteiger partial charge in [0.05, 0.1) is 0 Å². The molecule has 0 saturated heterocycles. The van der Waals surface area contributed by atoms with Gasteiger partial charge in [-0.25, -0.2) is 0 Å². The largest absolute Gasteiger partial charge is 0.506 e. The van der Waals surface area contributed by atoms with Gasteiger partial charge in [0.15, 0.2) is 0 Å². The predicted molar refractivity (Wildman–Crippen MR) is 48.2 cm³/mol. The van der Waals surface area contributed by atoms with Crippen molar-refractivity contribution in [3.63, 3.8) is 0 Å². The maximum absolute atomic E-state index is 9.35. The van der Waals surface area contributed by atoms with E-state index in [0.29, 0.717) is 5.75 Å². The molecule has 1 N–H and O–H groups in total. The van der Waals surface area contributed by atoms with Gasteiger partial charge < -0.3 is 5.11 Å². The van der Waals surface area contributed by atoms with Crippen LogP contribution in [0.4, 0.5) is 0 Å². The minimum absolute atomic E-state index is 0.397. The van der Waals surface area contributed by atoms with Gasteiger partial charge in [-0.15, -0.1) is 11.3 Å². The van der Waals surface area contributed by atoms with E-state index in [9.17, 15) is 5.11 Å². The third-order valence-corrected chi connectivity index (χ3v) is 2.66. The normalized spacial score (nSPS) is 10.6. The molecule has 11 heavy (non-hydrogen) atoms. The van der Waals surface area contributed by atoms with E-state index in [0.717, 1.165) is 10.1 Å². The molecule has 0 saturated carbocycles. The van der Waals surface area contributed by atoms with Crippen LogP contribution in [0.1, 0.15) is 5.56 Å². The quantitative estimate of drug-likeness (QED) is 0.634. The van der Waals surface area contributed by atoms with Gasteiger partial charge in [-0.3, -0.25) is 0 Å². The Kier molecular flexibility index (Phi) is 1.36. The summed E-state index contributed by atoms with van der Waals surface area (Å²) in [6, 6.07) is 6.09. The van der Waals surface area contributed by atoms with Crippen LogP contribution in [0, 0.1) is 6.92 Å². The van der Waals surface area contributed by atoms with Crippen molar-refractivity contribution in [2.24, 2.45) is 0 Å². The molecule has 0 aliphatic rings. The highest BCUT2D eigenvalue weighted by atomic mass is 32.1. The van der Waals surface area contributed by atoms with Crippen LogP contribution in [0.5, 0.6) is 5.75 Å². The summed E-state index contributed by atoms with van der Waals surface area (Å²) in [5.74, 6) is 0.397. The van der Waals surface area contributed by atoms with Gasteiger partial charge in [0.1, 0.15) is 5.75 Å². The standard InChI is InChI=1S/C9H8OS/c1-6-2-3-9-7(4-6)8(10)5-11-9/h2-5,10H,1H3. The summed E-state index contributed by atoms with van der Waals surface area (Å²) in [5, 5.41) is 12.1. The Morgan fingerprint density at radius 1 is 1.36 bits per heavy atom. The Morgan fingerprint density at radius 2 is 2.18 bits per heavy atom. The van der Waals surface area contributed by atoms with Crippen LogP contribution in [-0.4, -0.2) is 5.11 Å². The fraction of sp³-hybridized carbons (Fsp3) is 0.111. The molecule has 2 heteroatoms. The molecular weight excluding hydrogens is 156 g/mol. The molecular formula is C9H8OS. The van der Waals surface area contributed by atoms with Gasteiger partial charge in [0.2, 0.25) is 0 Å². The minimum atomic E-state index is 0.397. The molecule has 0 atom stereocenters. The first-order chi connectivity index (χ1) is 5.27. The third kappa shape index (κ3) is 0.994. The van der Waals surface area contributed by atoms with E-state index in [1.807, 2.05) is 19.1 Å². The first-order valence-corrected chi connectivity index (χ1v) is 4.32. The highest BCUT2D eigenvalue weighted by molar-refractivity contribution is 7.17. The van der Waals surface area contributed by atoms with E-state index in [4.69, 9.17) is 0 Å². The Morgan fingerprint density at radius 3 is 3.00 bits per heavy atom. The molecule has 1 nitrogen and oxygen atoms in total. The van der Waals surface area contributed by atoms with Gasteiger partial charge in [-0.1, -0.05) is 11.6 Å². The molecule has 0 aliphatic heterocycles. The maximum atomic E-state index is 9.35. The Labute approximate surface area is 68.9 Å². The van der Waals surface area contributed by atoms with Crippen molar-refractivity contribution in [2.75, 3.05) is 0 Å². The van der Waals surface area contributed by atoms with Crippen LogP contribution in [0.2, 0.25) is 0 Å². The summed E-state index contributed by atoms with van der Waals surface area (Å²) in [6.45, 7) is 2.02. The molecule has 1 aromatic carbocycles. The van der Waals surface area contributed by atoms with Gasteiger partial charge in [-0.2, -0.15) is 0 Å². The van der Waals surface area contributed by atoms with Crippen LogP contribution in [0.15, 0.2) is 23.6 Å². The number of hydrogen-bond acceptors (Lipinski definition) is 2. The van der Waals surface area contributed by atoms with Gasteiger partial charge in [0, 0.05) is 15.5 Å². The van der Waals surface area contributed by atoms with Crippen LogP contribution in [-0.2, 0) is 0 Å².